The molecule has 2 atom stereocenters. The summed E-state index contributed by atoms with van der Waals surface area (Å²) in [7, 11) is 0. The maximum Gasteiger partial charge on any atom is 0.223 e. The van der Waals surface area contributed by atoms with Crippen LogP contribution in [0.4, 0.5) is 5.95 Å². The van der Waals surface area contributed by atoms with Crippen molar-refractivity contribution in [1.29, 1.82) is 0 Å². The summed E-state index contributed by atoms with van der Waals surface area (Å²) in [4.78, 5) is 21.6. The van der Waals surface area contributed by atoms with Crippen molar-refractivity contribution in [1.82, 2.24) is 30.7 Å². The first-order valence-electron chi connectivity index (χ1n) is 11.0. The van der Waals surface area contributed by atoms with Crippen molar-refractivity contribution < 1.29 is 4.79 Å². The summed E-state index contributed by atoms with van der Waals surface area (Å²) in [6, 6.07) is 8.87. The molecule has 2 heterocycles. The second kappa shape index (κ2) is 8.83. The molecule has 1 aromatic carbocycles. The van der Waals surface area contributed by atoms with Crippen molar-refractivity contribution in [3.8, 4) is 0 Å². The predicted octanol–water partition coefficient (Wildman–Crippen LogP) is 2.76. The molecule has 2 aliphatic carbocycles. The Morgan fingerprint density at radius 2 is 1.84 bits per heavy atom. The lowest BCUT2D eigenvalue weighted by Gasteiger charge is -2.27. The molecule has 31 heavy (non-hydrogen) atoms. The number of benzene rings is 1. The number of nitrogens with zero attached hydrogens (tertiary/aromatic N) is 4. The third-order valence-electron chi connectivity index (χ3n) is 6.45. The van der Waals surface area contributed by atoms with Crippen LogP contribution in [0.5, 0.6) is 0 Å². The SMILES string of the molecule is O=C(NCc1cnc(NC2Cc3ccccc3C2)nc1)[C@@H]1CCC[C@H](c2cn[nH]n2)C1. The van der Waals surface area contributed by atoms with Gasteiger partial charge in [0, 0.05) is 42.4 Å². The van der Waals surface area contributed by atoms with E-state index >= 15 is 0 Å². The zero-order chi connectivity index (χ0) is 21.0. The van der Waals surface area contributed by atoms with Gasteiger partial charge in [-0.2, -0.15) is 15.4 Å². The summed E-state index contributed by atoms with van der Waals surface area (Å²) in [5, 5.41) is 17.2. The van der Waals surface area contributed by atoms with E-state index in [1.807, 2.05) is 0 Å². The molecule has 1 amide bonds. The number of anilines is 1. The fraction of sp³-hybridized carbons (Fsp3) is 0.435. The van der Waals surface area contributed by atoms with Gasteiger partial charge in [-0.3, -0.25) is 4.79 Å². The van der Waals surface area contributed by atoms with Crippen molar-refractivity contribution in [3.05, 3.63) is 65.2 Å². The number of rotatable bonds is 6. The molecule has 0 aliphatic heterocycles. The van der Waals surface area contributed by atoms with Crippen molar-refractivity contribution in [3.63, 3.8) is 0 Å². The van der Waals surface area contributed by atoms with Gasteiger partial charge in [-0.15, -0.1) is 0 Å². The number of H-pyrrole nitrogens is 1. The molecule has 8 heteroatoms. The Morgan fingerprint density at radius 1 is 1.06 bits per heavy atom. The Hall–Kier alpha value is -3.29. The van der Waals surface area contributed by atoms with Crippen LogP contribution in [0.1, 0.15) is 54.0 Å². The second-order valence-corrected chi connectivity index (χ2v) is 8.61. The van der Waals surface area contributed by atoms with Gasteiger partial charge in [-0.25, -0.2) is 9.97 Å². The minimum absolute atomic E-state index is 0.0151. The Balaban J connectivity index is 1.11. The third kappa shape index (κ3) is 4.57. The van der Waals surface area contributed by atoms with E-state index in [1.54, 1.807) is 18.6 Å². The Kier molecular flexibility index (Phi) is 5.60. The number of aromatic nitrogens is 5. The molecule has 2 aromatic heterocycles. The van der Waals surface area contributed by atoms with Crippen LogP contribution in [0.25, 0.3) is 0 Å². The average molecular weight is 418 g/mol. The highest BCUT2D eigenvalue weighted by molar-refractivity contribution is 5.78. The summed E-state index contributed by atoms with van der Waals surface area (Å²) < 4.78 is 0. The normalized spacial score (nSPS) is 20.9. The Bertz CT molecular complexity index is 994. The van der Waals surface area contributed by atoms with Crippen LogP contribution in [0, 0.1) is 5.92 Å². The maximum atomic E-state index is 12.7. The van der Waals surface area contributed by atoms with E-state index in [9.17, 15) is 4.79 Å². The molecule has 2 aliphatic rings. The van der Waals surface area contributed by atoms with Crippen molar-refractivity contribution in [2.24, 2.45) is 5.92 Å². The smallest absolute Gasteiger partial charge is 0.223 e. The van der Waals surface area contributed by atoms with Crippen LogP contribution in [0.2, 0.25) is 0 Å². The topological polar surface area (TPSA) is 108 Å². The monoisotopic (exact) mass is 417 g/mol. The van der Waals surface area contributed by atoms with Crippen molar-refractivity contribution in [2.45, 2.75) is 57.0 Å². The van der Waals surface area contributed by atoms with Gasteiger partial charge in [0.2, 0.25) is 11.9 Å². The van der Waals surface area contributed by atoms with E-state index in [-0.39, 0.29) is 11.8 Å². The second-order valence-electron chi connectivity index (χ2n) is 8.61. The number of carbonyl (C=O) groups is 1. The summed E-state index contributed by atoms with van der Waals surface area (Å²) in [6.07, 6.45) is 11.2. The number of fused-ring (bicyclic) bond motifs is 1. The van der Waals surface area contributed by atoms with E-state index < -0.39 is 0 Å². The summed E-state index contributed by atoms with van der Waals surface area (Å²) in [6.45, 7) is 0.444. The van der Waals surface area contributed by atoms with Crippen molar-refractivity contribution >= 4 is 11.9 Å². The van der Waals surface area contributed by atoms with Gasteiger partial charge >= 0.3 is 0 Å². The molecule has 160 valence electrons. The molecule has 0 radical (unpaired) electrons. The lowest BCUT2D eigenvalue weighted by molar-refractivity contribution is -0.126. The van der Waals surface area contributed by atoms with E-state index in [4.69, 9.17) is 0 Å². The minimum atomic E-state index is 0.0151. The standard InChI is InChI=1S/C23H27N7O/c31-22(19-7-3-6-18(8-19)21-14-27-30-29-21)24-11-15-12-25-23(26-13-15)28-20-9-16-4-1-2-5-17(16)10-20/h1-2,4-5,12-14,18-20H,3,6-11H2,(H,24,31)(H,25,26,28)(H,27,29,30)/t18-,19+/m0/s1. The first-order valence-corrected chi connectivity index (χ1v) is 11.0. The van der Waals surface area contributed by atoms with E-state index in [0.29, 0.717) is 24.5 Å². The number of aromatic amines is 1. The van der Waals surface area contributed by atoms with Gasteiger partial charge in [0.05, 0.1) is 11.9 Å². The molecule has 1 saturated carbocycles. The highest BCUT2D eigenvalue weighted by Gasteiger charge is 2.29. The van der Waals surface area contributed by atoms with Crippen LogP contribution in [-0.4, -0.2) is 37.3 Å². The summed E-state index contributed by atoms with van der Waals surface area (Å²) >= 11 is 0. The van der Waals surface area contributed by atoms with Crippen LogP contribution >= 0.6 is 0 Å². The fourth-order valence-electron chi connectivity index (χ4n) is 4.80. The zero-order valence-electron chi connectivity index (χ0n) is 17.4. The molecule has 0 spiro atoms. The van der Waals surface area contributed by atoms with Crippen LogP contribution in [0.15, 0.2) is 42.9 Å². The molecular formula is C23H27N7O. The van der Waals surface area contributed by atoms with Gasteiger partial charge in [0.15, 0.2) is 0 Å². The highest BCUT2D eigenvalue weighted by atomic mass is 16.1. The lowest BCUT2D eigenvalue weighted by Crippen LogP contribution is -2.33. The lowest BCUT2D eigenvalue weighted by atomic mass is 9.79. The summed E-state index contributed by atoms with van der Waals surface area (Å²) in [5.74, 6) is 1.05. The first-order chi connectivity index (χ1) is 15.2. The average Bonchev–Trinajstić information content (AvgIpc) is 3.48. The fourth-order valence-corrected chi connectivity index (χ4v) is 4.80. The summed E-state index contributed by atoms with van der Waals surface area (Å²) in [5.41, 5.74) is 4.65. The van der Waals surface area contributed by atoms with Crippen LogP contribution in [0.3, 0.4) is 0 Å². The van der Waals surface area contributed by atoms with Gasteiger partial charge in [0.25, 0.3) is 0 Å². The molecule has 1 fully saturated rings. The predicted molar refractivity (Wildman–Crippen MR) is 116 cm³/mol. The van der Waals surface area contributed by atoms with Crippen LogP contribution in [-0.2, 0) is 24.2 Å². The van der Waals surface area contributed by atoms with Crippen LogP contribution < -0.4 is 10.6 Å². The Morgan fingerprint density at radius 3 is 2.55 bits per heavy atom. The minimum Gasteiger partial charge on any atom is -0.352 e. The molecule has 5 rings (SSSR count). The van der Waals surface area contributed by atoms with Gasteiger partial charge in [-0.1, -0.05) is 30.7 Å². The van der Waals surface area contributed by atoms with E-state index in [2.05, 4.69) is 60.3 Å². The Labute approximate surface area is 181 Å². The number of hydrogen-bond donors (Lipinski definition) is 3. The third-order valence-corrected chi connectivity index (χ3v) is 6.45. The molecule has 8 nitrogen and oxygen atoms in total. The highest BCUT2D eigenvalue weighted by Crippen LogP contribution is 2.35. The van der Waals surface area contributed by atoms with Gasteiger partial charge < -0.3 is 10.6 Å². The largest absolute Gasteiger partial charge is 0.352 e. The molecule has 0 unspecified atom stereocenters. The number of nitrogens with one attached hydrogen (secondary N) is 3. The molecule has 0 saturated heterocycles. The molecule has 3 N–H and O–H groups in total. The van der Waals surface area contributed by atoms with E-state index in [0.717, 1.165) is 49.8 Å². The molecular weight excluding hydrogens is 390 g/mol. The molecule has 3 aromatic rings. The molecule has 0 bridgehead atoms. The first kappa shape index (κ1) is 19.7. The number of hydrogen-bond acceptors (Lipinski definition) is 6. The zero-order valence-corrected chi connectivity index (χ0v) is 17.4. The van der Waals surface area contributed by atoms with Gasteiger partial charge in [-0.05, 0) is 43.2 Å². The number of carbonyl (C=O) groups excluding carboxylic acids is 1. The van der Waals surface area contributed by atoms with Crippen molar-refractivity contribution in [2.75, 3.05) is 5.32 Å². The maximum absolute atomic E-state index is 12.7. The number of amides is 1. The van der Waals surface area contributed by atoms with Gasteiger partial charge in [0.1, 0.15) is 0 Å². The quantitative estimate of drug-likeness (QED) is 0.569. The van der Waals surface area contributed by atoms with E-state index in [1.165, 1.54) is 11.1 Å².